The Balaban J connectivity index is 3.53. The molecule has 0 aliphatic rings. The van der Waals surface area contributed by atoms with Crippen molar-refractivity contribution in [3.8, 4) is 0 Å². The molecule has 0 N–H and O–H groups in total. The molecule has 0 radical (unpaired) electrons. The number of halogens is 1. The lowest BCUT2D eigenvalue weighted by atomic mass is 10.1. The van der Waals surface area contributed by atoms with E-state index in [1.807, 2.05) is 13.8 Å². The predicted octanol–water partition coefficient (Wildman–Crippen LogP) is 2.12. The van der Waals surface area contributed by atoms with Crippen LogP contribution in [0.3, 0.4) is 0 Å². The number of rotatable bonds is 2. The molecule has 0 aromatic carbocycles. The van der Waals surface area contributed by atoms with E-state index in [-0.39, 0.29) is 5.43 Å². The van der Waals surface area contributed by atoms with Gasteiger partial charge in [0, 0.05) is 16.7 Å². The molecular weight excluding hydrogens is 214 g/mol. The number of hydrogen-bond donors (Lipinski definition) is 0. The van der Waals surface area contributed by atoms with Crippen molar-refractivity contribution in [2.75, 3.05) is 7.11 Å². The molecule has 0 bridgehead atoms. The average Bonchev–Trinajstić information content (AvgIpc) is 2.12. The van der Waals surface area contributed by atoms with Crippen LogP contribution in [0.2, 0.25) is 0 Å². The number of nitrogens with zero attached hydrogens (tertiary/aromatic N) is 1. The Kier molecular flexibility index (Phi) is 3.58. The molecule has 1 heterocycles. The van der Waals surface area contributed by atoms with Crippen molar-refractivity contribution in [1.82, 2.24) is 4.73 Å². The van der Waals surface area contributed by atoms with Crippen molar-refractivity contribution < 1.29 is 4.84 Å². The summed E-state index contributed by atoms with van der Waals surface area (Å²) >= 11 is 5.76. The molecule has 0 amide bonds. The third-order valence-electron chi connectivity index (χ3n) is 2.15. The summed E-state index contributed by atoms with van der Waals surface area (Å²) in [6, 6.07) is 1.53. The minimum absolute atomic E-state index is 0.0432. The van der Waals surface area contributed by atoms with E-state index in [0.29, 0.717) is 10.6 Å². The monoisotopic (exact) mass is 227 g/mol. The maximum Gasteiger partial charge on any atom is 0.189 e. The Labute approximate surface area is 93.9 Å². The Bertz CT molecular complexity index is 456. The molecule has 15 heavy (non-hydrogen) atoms. The van der Waals surface area contributed by atoms with E-state index >= 15 is 0 Å². The van der Waals surface area contributed by atoms with E-state index in [4.69, 9.17) is 16.4 Å². The van der Waals surface area contributed by atoms with Crippen LogP contribution in [0.25, 0.3) is 6.08 Å². The van der Waals surface area contributed by atoms with Gasteiger partial charge in [-0.05, 0) is 26.8 Å². The molecule has 4 heteroatoms. The molecule has 0 unspecified atom stereocenters. The summed E-state index contributed by atoms with van der Waals surface area (Å²) in [6.07, 6.45) is 1.65. The van der Waals surface area contributed by atoms with Gasteiger partial charge in [0.1, 0.15) is 7.11 Å². The Morgan fingerprint density at radius 1 is 1.53 bits per heavy atom. The summed E-state index contributed by atoms with van der Waals surface area (Å²) in [7, 11) is 1.56. The highest BCUT2D eigenvalue weighted by atomic mass is 35.5. The Morgan fingerprint density at radius 2 is 2.13 bits per heavy atom. The van der Waals surface area contributed by atoms with Crippen molar-refractivity contribution >= 4 is 17.7 Å². The summed E-state index contributed by atoms with van der Waals surface area (Å²) in [4.78, 5) is 16.9. The van der Waals surface area contributed by atoms with Gasteiger partial charge >= 0.3 is 0 Å². The van der Waals surface area contributed by atoms with Gasteiger partial charge in [0.25, 0.3) is 0 Å². The molecule has 0 fully saturated rings. The third-order valence-corrected chi connectivity index (χ3v) is 2.26. The van der Waals surface area contributed by atoms with Crippen LogP contribution in [-0.2, 0) is 0 Å². The van der Waals surface area contributed by atoms with Gasteiger partial charge in [-0.1, -0.05) is 11.6 Å². The lowest BCUT2D eigenvalue weighted by Crippen LogP contribution is -2.20. The van der Waals surface area contributed by atoms with Crippen molar-refractivity contribution in [3.63, 3.8) is 0 Å². The normalized spacial score (nSPS) is 11.7. The van der Waals surface area contributed by atoms with Crippen molar-refractivity contribution in [2.45, 2.75) is 20.8 Å². The zero-order valence-electron chi connectivity index (χ0n) is 9.30. The van der Waals surface area contributed by atoms with E-state index in [2.05, 4.69) is 0 Å². The Morgan fingerprint density at radius 3 is 2.60 bits per heavy atom. The van der Waals surface area contributed by atoms with Crippen LogP contribution >= 0.6 is 11.6 Å². The smallest absolute Gasteiger partial charge is 0.189 e. The maximum absolute atomic E-state index is 11.7. The van der Waals surface area contributed by atoms with Gasteiger partial charge in [-0.2, -0.15) is 4.73 Å². The second-order valence-electron chi connectivity index (χ2n) is 3.36. The molecule has 1 rings (SSSR count). The maximum atomic E-state index is 11.7. The fourth-order valence-corrected chi connectivity index (χ4v) is 1.64. The third kappa shape index (κ3) is 2.42. The highest BCUT2D eigenvalue weighted by Gasteiger charge is 2.08. The first-order valence-corrected chi connectivity index (χ1v) is 4.96. The number of allylic oxidation sites excluding steroid dienone is 1. The molecule has 0 saturated carbocycles. The highest BCUT2D eigenvalue weighted by molar-refractivity contribution is 6.31. The summed E-state index contributed by atoms with van der Waals surface area (Å²) < 4.78 is 1.60. The van der Waals surface area contributed by atoms with Gasteiger partial charge in [-0.3, -0.25) is 4.79 Å². The van der Waals surface area contributed by atoms with Crippen molar-refractivity contribution in [1.29, 1.82) is 0 Å². The zero-order valence-corrected chi connectivity index (χ0v) is 10.1. The van der Waals surface area contributed by atoms with Crippen molar-refractivity contribution in [2.24, 2.45) is 0 Å². The van der Waals surface area contributed by atoms with Crippen LogP contribution in [0.1, 0.15) is 23.9 Å². The first kappa shape index (κ1) is 11.9. The molecule has 3 nitrogen and oxygen atoms in total. The van der Waals surface area contributed by atoms with Gasteiger partial charge in [0.15, 0.2) is 5.43 Å². The van der Waals surface area contributed by atoms with Gasteiger partial charge in [0.05, 0.1) is 11.4 Å². The summed E-state index contributed by atoms with van der Waals surface area (Å²) in [6.45, 7) is 5.37. The molecule has 0 atom stereocenters. The lowest BCUT2D eigenvalue weighted by molar-refractivity contribution is 0.153. The second kappa shape index (κ2) is 4.53. The van der Waals surface area contributed by atoms with Crippen LogP contribution < -0.4 is 10.3 Å². The first-order chi connectivity index (χ1) is 6.97. The molecule has 0 spiro atoms. The minimum Gasteiger partial charge on any atom is -0.417 e. The molecular formula is C11H14ClNO2. The van der Waals surface area contributed by atoms with Crippen molar-refractivity contribution in [3.05, 3.63) is 38.3 Å². The van der Waals surface area contributed by atoms with Gasteiger partial charge < -0.3 is 4.84 Å². The highest BCUT2D eigenvalue weighted by Crippen LogP contribution is 2.11. The summed E-state index contributed by atoms with van der Waals surface area (Å²) in [5.74, 6) is 0. The van der Waals surface area contributed by atoms with E-state index < -0.39 is 0 Å². The molecule has 0 aliphatic heterocycles. The number of pyridine rings is 1. The topological polar surface area (TPSA) is 31.2 Å². The number of aromatic nitrogens is 1. The summed E-state index contributed by atoms with van der Waals surface area (Å²) in [5.41, 5.74) is 2.04. The van der Waals surface area contributed by atoms with Crippen LogP contribution in [-0.4, -0.2) is 11.8 Å². The number of aryl methyl sites for hydroxylation is 1. The number of hydrogen-bond acceptors (Lipinski definition) is 2. The standard InChI is InChI=1S/C11H14ClNO2/c1-7(12)5-10-9(3)13(15-4)8(2)6-11(10)14/h5-6H,1-4H3/b7-5+. The quantitative estimate of drug-likeness (QED) is 0.775. The van der Waals surface area contributed by atoms with Gasteiger partial charge in [-0.15, -0.1) is 0 Å². The van der Waals surface area contributed by atoms with Crippen LogP contribution in [0, 0.1) is 13.8 Å². The molecule has 82 valence electrons. The fraction of sp³-hybridized carbons (Fsp3) is 0.364. The van der Waals surface area contributed by atoms with Gasteiger partial charge in [0.2, 0.25) is 0 Å². The van der Waals surface area contributed by atoms with Crippen LogP contribution in [0.15, 0.2) is 15.9 Å². The van der Waals surface area contributed by atoms with E-state index in [1.165, 1.54) is 6.07 Å². The minimum atomic E-state index is -0.0432. The SMILES string of the molecule is COn1c(C)cc(=O)c(/C=C(\C)Cl)c1C. The lowest BCUT2D eigenvalue weighted by Gasteiger charge is -2.13. The van der Waals surface area contributed by atoms with Crippen LogP contribution in [0.4, 0.5) is 0 Å². The Hall–Kier alpha value is -1.22. The molecule has 0 saturated heterocycles. The molecule has 1 aromatic rings. The average molecular weight is 228 g/mol. The fourth-order valence-electron chi connectivity index (χ4n) is 1.53. The van der Waals surface area contributed by atoms with Gasteiger partial charge in [-0.25, -0.2) is 0 Å². The largest absolute Gasteiger partial charge is 0.417 e. The van der Waals surface area contributed by atoms with E-state index in [1.54, 1.807) is 24.8 Å². The first-order valence-electron chi connectivity index (χ1n) is 4.59. The second-order valence-corrected chi connectivity index (χ2v) is 3.95. The van der Waals surface area contributed by atoms with E-state index in [9.17, 15) is 4.79 Å². The van der Waals surface area contributed by atoms with Crippen LogP contribution in [0.5, 0.6) is 0 Å². The van der Waals surface area contributed by atoms with E-state index in [0.717, 1.165) is 11.4 Å². The molecule has 0 aliphatic carbocycles. The zero-order chi connectivity index (χ0) is 11.6. The molecule has 1 aromatic heterocycles. The summed E-state index contributed by atoms with van der Waals surface area (Å²) in [5, 5.41) is 0.571. The predicted molar refractivity (Wildman–Crippen MR) is 62.2 cm³/mol.